The molecule has 0 rings (SSSR count). The van der Waals surface area contributed by atoms with Crippen LogP contribution in [0.25, 0.3) is 0 Å². The summed E-state index contributed by atoms with van der Waals surface area (Å²) in [5.41, 5.74) is 9.61. The molecular formula is C4H8N3O4Ru2. The molecule has 0 atom stereocenters. The minimum Gasteiger partial charge on any atom is -0.665 e. The average molecular weight is 364 g/mol. The van der Waals surface area contributed by atoms with E-state index in [0.717, 1.165) is 0 Å². The van der Waals surface area contributed by atoms with E-state index in [2.05, 4.69) is 4.99 Å². The van der Waals surface area contributed by atoms with Gasteiger partial charge in [-0.2, -0.15) is 0 Å². The third kappa shape index (κ3) is 51.6. The van der Waals surface area contributed by atoms with Gasteiger partial charge < -0.3 is 26.5 Å². The molecule has 7 nitrogen and oxygen atoms in total. The third-order valence-electron chi connectivity index (χ3n) is 0.397. The molecule has 0 amide bonds. The van der Waals surface area contributed by atoms with Gasteiger partial charge in [0.25, 0.3) is 0 Å². The molecule has 9 heteroatoms. The molecule has 0 aliphatic heterocycles. The van der Waals surface area contributed by atoms with Crippen LogP contribution in [0, 0.1) is 0 Å². The van der Waals surface area contributed by atoms with Crippen LogP contribution in [0.5, 0.6) is 0 Å². The van der Waals surface area contributed by atoms with Crippen molar-refractivity contribution in [2.24, 2.45) is 16.5 Å². The van der Waals surface area contributed by atoms with E-state index in [-0.39, 0.29) is 51.5 Å². The molecule has 0 spiro atoms. The summed E-state index contributed by atoms with van der Waals surface area (Å²) in [4.78, 5) is 21.1. The van der Waals surface area contributed by atoms with Gasteiger partial charge in [-0.25, -0.2) is 4.99 Å². The van der Waals surface area contributed by atoms with E-state index in [9.17, 15) is 4.79 Å². The van der Waals surface area contributed by atoms with Crippen molar-refractivity contribution in [3.63, 3.8) is 0 Å². The van der Waals surface area contributed by atoms with Gasteiger partial charge in [0, 0.05) is 19.5 Å². The number of carboxylic acids is 1. The van der Waals surface area contributed by atoms with Crippen molar-refractivity contribution < 1.29 is 58.8 Å². The SMILES string of the molecule is NC(N)=NCC(=O)O.O=[C-]O.[Ru+].[Ru]. The van der Waals surface area contributed by atoms with Gasteiger partial charge in [-0.05, 0) is 0 Å². The average Bonchev–Trinajstić information content (AvgIpc) is 1.85. The summed E-state index contributed by atoms with van der Waals surface area (Å²) >= 11 is 0. The monoisotopic (exact) mass is 366 g/mol. The number of aliphatic carboxylic acids is 1. The summed E-state index contributed by atoms with van der Waals surface area (Å²) in [5.74, 6) is -1.24. The molecular weight excluding hydrogens is 356 g/mol. The molecule has 0 fully saturated rings. The van der Waals surface area contributed by atoms with Crippen molar-refractivity contribution in [3.05, 3.63) is 0 Å². The van der Waals surface area contributed by atoms with Crippen LogP contribution in [0.4, 0.5) is 0 Å². The molecule has 0 aliphatic rings. The van der Waals surface area contributed by atoms with Gasteiger partial charge in [-0.1, -0.05) is 6.47 Å². The minimum absolute atomic E-state index is 0. The Balaban J connectivity index is -0.0000000720. The fourth-order valence-electron chi connectivity index (χ4n) is 0.159. The Bertz CT molecular complexity index is 159. The number of rotatable bonds is 2. The first-order chi connectivity index (χ1) is 5.04. The van der Waals surface area contributed by atoms with Crippen LogP contribution < -0.4 is 11.5 Å². The molecule has 0 saturated carbocycles. The van der Waals surface area contributed by atoms with Crippen LogP contribution in [0.2, 0.25) is 0 Å². The van der Waals surface area contributed by atoms with E-state index in [1.807, 2.05) is 0 Å². The standard InChI is InChI=1S/C3H7N3O2.CHO2.2Ru/c4-3(5)6-1-2(7)8;2-1-3;;/h1H2,(H,7,8)(H4,4,5,6);(H,2,3);;/q;-1;;+1. The fourth-order valence-corrected chi connectivity index (χ4v) is 0.159. The first-order valence-corrected chi connectivity index (χ1v) is 2.33. The molecule has 79 valence electrons. The largest absolute Gasteiger partial charge is 1.00 e. The zero-order valence-corrected chi connectivity index (χ0v) is 9.70. The van der Waals surface area contributed by atoms with Crippen LogP contribution in [0.15, 0.2) is 4.99 Å². The Morgan fingerprint density at radius 2 is 1.77 bits per heavy atom. The Kier molecular flexibility index (Phi) is 30.8. The normalized spacial score (nSPS) is 5.85. The minimum atomic E-state index is -1.04. The molecule has 1 radical (unpaired) electrons. The predicted octanol–water partition coefficient (Wildman–Crippen LogP) is -2.05. The van der Waals surface area contributed by atoms with Gasteiger partial charge in [-0.3, -0.25) is 4.79 Å². The molecule has 0 saturated heterocycles. The van der Waals surface area contributed by atoms with E-state index in [1.165, 1.54) is 0 Å². The van der Waals surface area contributed by atoms with Crippen LogP contribution in [0.3, 0.4) is 0 Å². The Hall–Kier alpha value is -0.543. The van der Waals surface area contributed by atoms with Gasteiger partial charge in [0.1, 0.15) is 6.54 Å². The zero-order valence-electron chi connectivity index (χ0n) is 6.23. The van der Waals surface area contributed by atoms with Crippen LogP contribution in [0.1, 0.15) is 0 Å². The zero-order chi connectivity index (χ0) is 9.28. The summed E-state index contributed by atoms with van der Waals surface area (Å²) in [6.07, 6.45) is 0. The number of nitrogens with zero attached hydrogens (tertiary/aromatic N) is 1. The predicted molar refractivity (Wildman–Crippen MR) is 36.6 cm³/mol. The van der Waals surface area contributed by atoms with Crippen LogP contribution in [-0.2, 0) is 48.5 Å². The van der Waals surface area contributed by atoms with Crippen molar-refractivity contribution in [3.8, 4) is 0 Å². The van der Waals surface area contributed by atoms with Gasteiger partial charge in [0.2, 0.25) is 0 Å². The molecule has 13 heavy (non-hydrogen) atoms. The van der Waals surface area contributed by atoms with Crippen LogP contribution in [-0.4, -0.2) is 35.2 Å². The van der Waals surface area contributed by atoms with Crippen molar-refractivity contribution >= 4 is 18.4 Å². The van der Waals surface area contributed by atoms with E-state index in [0.29, 0.717) is 6.47 Å². The number of hydrogen-bond acceptors (Lipinski definition) is 3. The molecule has 0 heterocycles. The quantitative estimate of drug-likeness (QED) is 0.193. The smallest absolute Gasteiger partial charge is 0.665 e. The molecule has 6 N–H and O–H groups in total. The number of aliphatic imine (C=N–C) groups is 1. The van der Waals surface area contributed by atoms with Crippen LogP contribution >= 0.6 is 0 Å². The van der Waals surface area contributed by atoms with Gasteiger partial charge in [-0.15, -0.1) is 0 Å². The topological polar surface area (TPSA) is 139 Å². The molecule has 0 aromatic heterocycles. The molecule has 0 bridgehead atoms. The number of guanidine groups is 1. The summed E-state index contributed by atoms with van der Waals surface area (Å²) in [6, 6.07) is 0. The van der Waals surface area contributed by atoms with Crippen molar-refractivity contribution in [1.29, 1.82) is 0 Å². The first-order valence-electron chi connectivity index (χ1n) is 2.33. The van der Waals surface area contributed by atoms with Crippen molar-refractivity contribution in [2.45, 2.75) is 0 Å². The Labute approximate surface area is 100 Å². The maximum atomic E-state index is 9.69. The number of carbonyl (C=O) groups is 1. The maximum Gasteiger partial charge on any atom is 1.00 e. The second kappa shape index (κ2) is 17.5. The second-order valence-electron chi connectivity index (χ2n) is 1.23. The third-order valence-corrected chi connectivity index (χ3v) is 0.397. The molecule has 0 unspecified atom stereocenters. The summed E-state index contributed by atoms with van der Waals surface area (Å²) in [6.45, 7) is 0.141. The van der Waals surface area contributed by atoms with E-state index in [4.69, 9.17) is 26.5 Å². The van der Waals surface area contributed by atoms with E-state index < -0.39 is 5.97 Å². The summed E-state index contributed by atoms with van der Waals surface area (Å²) in [5, 5.41) is 14.7. The number of carboxylic acid groups (broad SMARTS) is 1. The Morgan fingerprint density at radius 3 is 1.85 bits per heavy atom. The van der Waals surface area contributed by atoms with Gasteiger partial charge in [0.05, 0.1) is 0 Å². The second-order valence-corrected chi connectivity index (χ2v) is 1.23. The number of aliphatic hydroxyl groups excluding tert-OH is 1. The van der Waals surface area contributed by atoms with E-state index in [1.54, 1.807) is 0 Å². The summed E-state index contributed by atoms with van der Waals surface area (Å²) < 4.78 is 0. The molecule has 0 aliphatic carbocycles. The van der Waals surface area contributed by atoms with Crippen molar-refractivity contribution in [1.82, 2.24) is 0 Å². The number of nitrogens with two attached hydrogens (primary N) is 2. The van der Waals surface area contributed by atoms with E-state index >= 15 is 0 Å². The maximum absolute atomic E-state index is 9.69. The van der Waals surface area contributed by atoms with Crippen molar-refractivity contribution in [2.75, 3.05) is 6.54 Å². The summed E-state index contributed by atoms with van der Waals surface area (Å²) in [7, 11) is 0. The van der Waals surface area contributed by atoms with Gasteiger partial charge in [0.15, 0.2) is 5.96 Å². The van der Waals surface area contributed by atoms with Gasteiger partial charge >= 0.3 is 25.4 Å². The first kappa shape index (κ1) is 22.9. The molecule has 0 aromatic rings. The fraction of sp³-hybridized carbons (Fsp3) is 0.250. The molecule has 0 aromatic carbocycles. The number of hydrogen-bond donors (Lipinski definition) is 4. The Morgan fingerprint density at radius 1 is 1.46 bits per heavy atom.